The van der Waals surface area contributed by atoms with Crippen LogP contribution in [0.4, 0.5) is 0 Å². The molecule has 2 heterocycles. The molecule has 0 unspecified atom stereocenters. The van der Waals surface area contributed by atoms with Crippen LogP contribution in [0.1, 0.15) is 48.6 Å². The summed E-state index contributed by atoms with van der Waals surface area (Å²) in [4.78, 5) is 14.0. The van der Waals surface area contributed by atoms with Crippen LogP contribution in [0.2, 0.25) is 0 Å². The molecule has 0 atom stereocenters. The van der Waals surface area contributed by atoms with Crippen molar-refractivity contribution in [1.29, 1.82) is 0 Å². The molecule has 0 N–H and O–H groups in total. The maximum atomic E-state index is 12.3. The first kappa shape index (κ1) is 12.6. The van der Waals surface area contributed by atoms with Crippen LogP contribution in [-0.4, -0.2) is 52.1 Å². The van der Waals surface area contributed by atoms with Gasteiger partial charge in [0.05, 0.1) is 25.5 Å². The van der Waals surface area contributed by atoms with Crippen molar-refractivity contribution in [3.05, 3.63) is 11.9 Å². The molecule has 0 radical (unpaired) electrons. The number of aromatic nitrogens is 3. The van der Waals surface area contributed by atoms with Gasteiger partial charge in [0, 0.05) is 13.1 Å². The van der Waals surface area contributed by atoms with Gasteiger partial charge in [-0.1, -0.05) is 24.5 Å². The quantitative estimate of drug-likeness (QED) is 0.806. The summed E-state index contributed by atoms with van der Waals surface area (Å²) in [5.74, 6) is -0.0228. The molecule has 0 spiro atoms. The van der Waals surface area contributed by atoms with Crippen LogP contribution in [0.15, 0.2) is 6.20 Å². The molecule has 3 rings (SSSR count). The normalized spacial score (nSPS) is 21.6. The van der Waals surface area contributed by atoms with E-state index in [2.05, 4.69) is 10.3 Å². The van der Waals surface area contributed by atoms with Gasteiger partial charge in [0.25, 0.3) is 5.91 Å². The number of morpholine rings is 1. The van der Waals surface area contributed by atoms with Gasteiger partial charge in [-0.2, -0.15) is 0 Å². The summed E-state index contributed by atoms with van der Waals surface area (Å²) in [6, 6.07) is 0.424. The van der Waals surface area contributed by atoms with Crippen molar-refractivity contribution in [2.24, 2.45) is 0 Å². The lowest BCUT2D eigenvalue weighted by atomic mass is 9.96. The molecule has 104 valence electrons. The second-order valence-electron chi connectivity index (χ2n) is 5.28. The number of hydrogen-bond acceptors (Lipinski definition) is 4. The third-order valence-electron chi connectivity index (χ3n) is 3.98. The second kappa shape index (κ2) is 5.69. The van der Waals surface area contributed by atoms with Gasteiger partial charge < -0.3 is 9.64 Å². The molecule has 1 aliphatic carbocycles. The van der Waals surface area contributed by atoms with Gasteiger partial charge in [0.2, 0.25) is 0 Å². The van der Waals surface area contributed by atoms with E-state index in [-0.39, 0.29) is 5.91 Å². The van der Waals surface area contributed by atoms with E-state index in [4.69, 9.17) is 4.74 Å². The fraction of sp³-hybridized carbons (Fsp3) is 0.769. The summed E-state index contributed by atoms with van der Waals surface area (Å²) in [5.41, 5.74) is 0.465. The highest BCUT2D eigenvalue weighted by Crippen LogP contribution is 2.27. The Kier molecular flexibility index (Phi) is 3.77. The fourth-order valence-electron chi connectivity index (χ4n) is 2.83. The number of rotatable bonds is 2. The molecule has 1 aromatic rings. The average molecular weight is 264 g/mol. The molecular weight excluding hydrogens is 244 g/mol. The summed E-state index contributed by atoms with van der Waals surface area (Å²) < 4.78 is 7.13. The molecule has 6 heteroatoms. The molecule has 1 amide bonds. The Balaban J connectivity index is 1.67. The maximum Gasteiger partial charge on any atom is 0.276 e. The smallest absolute Gasteiger partial charge is 0.276 e. The van der Waals surface area contributed by atoms with Crippen LogP contribution >= 0.6 is 0 Å². The van der Waals surface area contributed by atoms with Gasteiger partial charge in [-0.3, -0.25) is 4.79 Å². The summed E-state index contributed by atoms with van der Waals surface area (Å²) in [6.07, 6.45) is 7.91. The second-order valence-corrected chi connectivity index (χ2v) is 5.28. The molecule has 1 aliphatic heterocycles. The monoisotopic (exact) mass is 264 g/mol. The van der Waals surface area contributed by atoms with E-state index < -0.39 is 0 Å². The number of hydrogen-bond donors (Lipinski definition) is 0. The van der Waals surface area contributed by atoms with Gasteiger partial charge >= 0.3 is 0 Å². The van der Waals surface area contributed by atoms with E-state index >= 15 is 0 Å². The molecular formula is C13H20N4O2. The van der Waals surface area contributed by atoms with Crippen molar-refractivity contribution < 1.29 is 9.53 Å². The summed E-state index contributed by atoms with van der Waals surface area (Å²) in [5, 5.41) is 8.19. The van der Waals surface area contributed by atoms with Gasteiger partial charge in [0.15, 0.2) is 5.69 Å². The molecule has 2 fully saturated rings. The Hall–Kier alpha value is -1.43. The number of carbonyl (C=O) groups excluding carboxylic acids is 1. The highest BCUT2D eigenvalue weighted by Gasteiger charge is 2.23. The number of nitrogens with zero attached hydrogens (tertiary/aromatic N) is 4. The Morgan fingerprint density at radius 3 is 2.68 bits per heavy atom. The lowest BCUT2D eigenvalue weighted by molar-refractivity contribution is 0.0299. The molecule has 2 aliphatic rings. The topological polar surface area (TPSA) is 60.2 Å². The van der Waals surface area contributed by atoms with Gasteiger partial charge in [-0.25, -0.2) is 4.68 Å². The minimum Gasteiger partial charge on any atom is -0.378 e. The summed E-state index contributed by atoms with van der Waals surface area (Å²) in [7, 11) is 0. The van der Waals surface area contributed by atoms with E-state index in [1.165, 1.54) is 19.3 Å². The SMILES string of the molecule is O=C(c1cn(C2CCCCC2)nn1)N1CCOCC1. The largest absolute Gasteiger partial charge is 0.378 e. The third-order valence-corrected chi connectivity index (χ3v) is 3.98. The standard InChI is InChI=1S/C13H20N4O2/c18-13(16-6-8-19-9-7-16)12-10-17(15-14-12)11-4-2-1-3-5-11/h10-11H,1-9H2. The van der Waals surface area contributed by atoms with Crippen LogP contribution in [0.5, 0.6) is 0 Å². The first-order valence-corrected chi connectivity index (χ1v) is 7.13. The minimum atomic E-state index is -0.0228. The Labute approximate surface area is 112 Å². The number of ether oxygens (including phenoxy) is 1. The molecule has 1 saturated heterocycles. The van der Waals surface area contributed by atoms with Crippen molar-refractivity contribution in [2.75, 3.05) is 26.3 Å². The molecule has 0 bridgehead atoms. The third kappa shape index (κ3) is 2.78. The predicted molar refractivity (Wildman–Crippen MR) is 68.9 cm³/mol. The van der Waals surface area contributed by atoms with Gasteiger partial charge in [-0.05, 0) is 12.8 Å². The zero-order chi connectivity index (χ0) is 13.1. The zero-order valence-electron chi connectivity index (χ0n) is 11.1. The van der Waals surface area contributed by atoms with Crippen LogP contribution in [0.25, 0.3) is 0 Å². The van der Waals surface area contributed by atoms with E-state index in [0.29, 0.717) is 38.0 Å². The van der Waals surface area contributed by atoms with Crippen LogP contribution in [0, 0.1) is 0 Å². The zero-order valence-corrected chi connectivity index (χ0v) is 11.1. The number of carbonyl (C=O) groups is 1. The minimum absolute atomic E-state index is 0.0228. The van der Waals surface area contributed by atoms with Crippen molar-refractivity contribution in [2.45, 2.75) is 38.1 Å². The Morgan fingerprint density at radius 1 is 1.21 bits per heavy atom. The molecule has 6 nitrogen and oxygen atoms in total. The van der Waals surface area contributed by atoms with Crippen LogP contribution in [-0.2, 0) is 4.74 Å². The molecule has 0 aromatic carbocycles. The highest BCUT2D eigenvalue weighted by atomic mass is 16.5. The predicted octanol–water partition coefficient (Wildman–Crippen LogP) is 1.26. The van der Waals surface area contributed by atoms with E-state index in [1.807, 2.05) is 10.9 Å². The van der Waals surface area contributed by atoms with E-state index in [1.54, 1.807) is 4.90 Å². The Bertz CT molecular complexity index is 434. The lowest BCUT2D eigenvalue weighted by Gasteiger charge is -2.25. The van der Waals surface area contributed by atoms with E-state index in [0.717, 1.165) is 12.8 Å². The molecule has 1 saturated carbocycles. The highest BCUT2D eigenvalue weighted by molar-refractivity contribution is 5.91. The van der Waals surface area contributed by atoms with Crippen LogP contribution in [0.3, 0.4) is 0 Å². The maximum absolute atomic E-state index is 12.3. The average Bonchev–Trinajstić information content (AvgIpc) is 2.98. The molecule has 1 aromatic heterocycles. The van der Waals surface area contributed by atoms with Crippen molar-refractivity contribution in [1.82, 2.24) is 19.9 Å². The van der Waals surface area contributed by atoms with Crippen LogP contribution < -0.4 is 0 Å². The Morgan fingerprint density at radius 2 is 1.95 bits per heavy atom. The molecule has 19 heavy (non-hydrogen) atoms. The summed E-state index contributed by atoms with van der Waals surface area (Å²) in [6.45, 7) is 2.52. The van der Waals surface area contributed by atoms with Gasteiger partial charge in [0.1, 0.15) is 0 Å². The first-order valence-electron chi connectivity index (χ1n) is 7.13. The lowest BCUT2D eigenvalue weighted by Crippen LogP contribution is -2.40. The van der Waals surface area contributed by atoms with E-state index in [9.17, 15) is 4.79 Å². The first-order chi connectivity index (χ1) is 9.34. The number of amides is 1. The van der Waals surface area contributed by atoms with Crippen molar-refractivity contribution in [3.63, 3.8) is 0 Å². The summed E-state index contributed by atoms with van der Waals surface area (Å²) >= 11 is 0. The van der Waals surface area contributed by atoms with Gasteiger partial charge in [-0.15, -0.1) is 5.10 Å². The van der Waals surface area contributed by atoms with Crippen molar-refractivity contribution in [3.8, 4) is 0 Å². The van der Waals surface area contributed by atoms with Crippen molar-refractivity contribution >= 4 is 5.91 Å². The fourth-order valence-corrected chi connectivity index (χ4v) is 2.83.